The quantitative estimate of drug-likeness (QED) is 0.317. The van der Waals surface area contributed by atoms with Gasteiger partial charge in [-0.05, 0) is 50.7 Å². The van der Waals surface area contributed by atoms with Crippen LogP contribution in [0, 0.1) is 11.3 Å². The Morgan fingerprint density at radius 3 is 2.91 bits per heavy atom. The number of aryl methyl sites for hydroxylation is 2. The third-order valence-corrected chi connectivity index (χ3v) is 8.73. The number of nitrogens with one attached hydrogen (secondary N) is 1. The number of fused-ring (bicyclic) bond motifs is 1. The van der Waals surface area contributed by atoms with Gasteiger partial charge >= 0.3 is 0 Å². The lowest BCUT2D eigenvalue weighted by Gasteiger charge is -2.07. The number of anilines is 1. The van der Waals surface area contributed by atoms with Crippen LogP contribution in [-0.4, -0.2) is 26.4 Å². The molecule has 0 atom stereocenters. The van der Waals surface area contributed by atoms with E-state index in [-0.39, 0.29) is 11.7 Å². The minimum atomic E-state index is -0.115. The summed E-state index contributed by atoms with van der Waals surface area (Å²) in [6, 6.07) is 4.51. The Morgan fingerprint density at radius 2 is 2.12 bits per heavy atom. The Bertz CT molecular complexity index is 1140. The molecule has 3 heterocycles. The molecule has 9 heteroatoms. The van der Waals surface area contributed by atoms with E-state index < -0.39 is 0 Å². The molecule has 168 valence electrons. The number of hydrogen-bond acceptors (Lipinski definition) is 7. The number of nitrogens with zero attached hydrogens (tertiary/aromatic N) is 4. The number of amides is 1. The van der Waals surface area contributed by atoms with E-state index in [1.54, 1.807) is 22.7 Å². The summed E-state index contributed by atoms with van der Waals surface area (Å²) >= 11 is 4.71. The smallest absolute Gasteiger partial charge is 0.235 e. The molecule has 1 aliphatic rings. The Kier molecular flexibility index (Phi) is 7.66. The van der Waals surface area contributed by atoms with Crippen molar-refractivity contribution in [3.8, 4) is 17.5 Å². The summed E-state index contributed by atoms with van der Waals surface area (Å²) in [6.07, 6.45) is 7.60. The van der Waals surface area contributed by atoms with Crippen LogP contribution in [0.1, 0.15) is 60.4 Å². The third kappa shape index (κ3) is 4.92. The van der Waals surface area contributed by atoms with E-state index in [9.17, 15) is 10.1 Å². The Morgan fingerprint density at radius 1 is 1.28 bits per heavy atom. The number of nitriles is 1. The predicted molar refractivity (Wildman–Crippen MR) is 133 cm³/mol. The number of thiophene rings is 2. The van der Waals surface area contributed by atoms with Crippen molar-refractivity contribution in [1.82, 2.24) is 14.8 Å². The number of carbonyl (C=O) groups is 1. The summed E-state index contributed by atoms with van der Waals surface area (Å²) in [5.74, 6) is 0.967. The molecule has 0 unspecified atom stereocenters. The number of carbonyl (C=O) groups excluding carboxylic acids is 1. The molecule has 1 amide bonds. The molecule has 32 heavy (non-hydrogen) atoms. The Hall–Kier alpha value is -2.15. The summed E-state index contributed by atoms with van der Waals surface area (Å²) in [6.45, 7) is 4.98. The average Bonchev–Trinajstić information content (AvgIpc) is 3.45. The second-order valence-electron chi connectivity index (χ2n) is 7.82. The first-order valence-electron chi connectivity index (χ1n) is 11.1. The second kappa shape index (κ2) is 10.6. The molecule has 3 aromatic heterocycles. The van der Waals surface area contributed by atoms with Crippen molar-refractivity contribution < 1.29 is 4.79 Å². The van der Waals surface area contributed by atoms with Gasteiger partial charge in [-0.2, -0.15) is 5.26 Å². The molecule has 0 saturated heterocycles. The molecule has 0 radical (unpaired) electrons. The topological polar surface area (TPSA) is 83.6 Å². The van der Waals surface area contributed by atoms with Crippen molar-refractivity contribution in [2.75, 3.05) is 11.1 Å². The van der Waals surface area contributed by atoms with Crippen LogP contribution in [0.2, 0.25) is 0 Å². The molecule has 6 nitrogen and oxygen atoms in total. The molecular weight excluding hydrogens is 458 g/mol. The summed E-state index contributed by atoms with van der Waals surface area (Å²) in [7, 11) is 0. The van der Waals surface area contributed by atoms with Gasteiger partial charge in [0.1, 0.15) is 11.1 Å². The molecule has 0 aromatic carbocycles. The molecule has 4 rings (SSSR count). The van der Waals surface area contributed by atoms with Crippen molar-refractivity contribution in [1.29, 1.82) is 5.26 Å². The minimum Gasteiger partial charge on any atom is -0.316 e. The van der Waals surface area contributed by atoms with Gasteiger partial charge in [0.15, 0.2) is 11.0 Å². The summed E-state index contributed by atoms with van der Waals surface area (Å²) in [5, 5.41) is 25.0. The monoisotopic (exact) mass is 485 g/mol. The molecule has 0 fully saturated rings. The van der Waals surface area contributed by atoms with Gasteiger partial charge in [0, 0.05) is 27.2 Å². The zero-order valence-corrected chi connectivity index (χ0v) is 20.9. The highest BCUT2D eigenvalue weighted by Gasteiger charge is 2.22. The van der Waals surface area contributed by atoms with Crippen LogP contribution in [0.5, 0.6) is 0 Å². The summed E-state index contributed by atoms with van der Waals surface area (Å²) in [4.78, 5) is 15.3. The fourth-order valence-electron chi connectivity index (χ4n) is 4.01. The first-order chi connectivity index (χ1) is 15.6. The summed E-state index contributed by atoms with van der Waals surface area (Å²) in [5.41, 5.74) is 2.89. The van der Waals surface area contributed by atoms with E-state index in [0.29, 0.717) is 10.6 Å². The molecule has 0 bridgehead atoms. The van der Waals surface area contributed by atoms with Crippen molar-refractivity contribution in [3.63, 3.8) is 0 Å². The van der Waals surface area contributed by atoms with Gasteiger partial charge in [0.05, 0.1) is 11.3 Å². The summed E-state index contributed by atoms with van der Waals surface area (Å²) < 4.78 is 2.06. The van der Waals surface area contributed by atoms with Crippen molar-refractivity contribution in [2.24, 2.45) is 0 Å². The number of aromatic nitrogens is 3. The maximum Gasteiger partial charge on any atom is 0.235 e. The van der Waals surface area contributed by atoms with E-state index in [2.05, 4.69) is 51.4 Å². The first kappa shape index (κ1) is 23.0. The van der Waals surface area contributed by atoms with Crippen LogP contribution in [0.3, 0.4) is 0 Å². The molecule has 0 spiro atoms. The largest absolute Gasteiger partial charge is 0.316 e. The second-order valence-corrected chi connectivity index (χ2v) is 10.9. The average molecular weight is 486 g/mol. The van der Waals surface area contributed by atoms with Crippen molar-refractivity contribution in [2.45, 2.75) is 70.5 Å². The van der Waals surface area contributed by atoms with Gasteiger partial charge < -0.3 is 9.88 Å². The number of thioether (sulfide) groups is 1. The fraction of sp³-hybridized carbons (Fsp3) is 0.478. The molecule has 3 aromatic rings. The molecule has 0 saturated carbocycles. The first-order valence-corrected chi connectivity index (χ1v) is 13.8. The van der Waals surface area contributed by atoms with Crippen LogP contribution in [-0.2, 0) is 30.6 Å². The molecule has 0 aliphatic heterocycles. The van der Waals surface area contributed by atoms with Crippen LogP contribution in [0.4, 0.5) is 5.00 Å². The lowest BCUT2D eigenvalue weighted by atomic mass is 10.1. The number of hydrogen-bond donors (Lipinski definition) is 1. The van der Waals surface area contributed by atoms with Crippen LogP contribution in [0.25, 0.3) is 11.4 Å². The standard InChI is InChI=1S/C23H27N5OS3/c1-3-8-16-11-15(13-30-16)21-26-27-23(28(21)4-2)31-14-20(29)25-22-18(12-24)17-9-6-5-7-10-19(17)32-22/h11,13H,3-10,14H2,1-2H3,(H,25,29). The van der Waals surface area contributed by atoms with Gasteiger partial charge in [0.2, 0.25) is 5.91 Å². The highest BCUT2D eigenvalue weighted by atomic mass is 32.2. The zero-order chi connectivity index (χ0) is 22.5. The van der Waals surface area contributed by atoms with Gasteiger partial charge in [-0.3, -0.25) is 4.79 Å². The van der Waals surface area contributed by atoms with E-state index in [4.69, 9.17) is 0 Å². The third-order valence-electron chi connectivity index (χ3n) is 5.56. The predicted octanol–water partition coefficient (Wildman–Crippen LogP) is 5.91. The maximum absolute atomic E-state index is 12.7. The maximum atomic E-state index is 12.7. The van der Waals surface area contributed by atoms with Gasteiger partial charge in [-0.1, -0.05) is 31.5 Å². The SMILES string of the molecule is CCCc1cc(-c2nnc(SCC(=O)Nc3sc4c(c3C#N)CCCCC4)n2CC)cs1. The lowest BCUT2D eigenvalue weighted by Crippen LogP contribution is -2.14. The Balaban J connectivity index is 1.44. The van der Waals surface area contributed by atoms with Crippen molar-refractivity contribution >= 4 is 45.3 Å². The highest BCUT2D eigenvalue weighted by Crippen LogP contribution is 2.37. The lowest BCUT2D eigenvalue weighted by molar-refractivity contribution is -0.113. The van der Waals surface area contributed by atoms with E-state index in [1.165, 1.54) is 27.9 Å². The molecule has 1 aliphatic carbocycles. The Labute approximate surface area is 201 Å². The molecular formula is C23H27N5OS3. The highest BCUT2D eigenvalue weighted by molar-refractivity contribution is 7.99. The van der Waals surface area contributed by atoms with E-state index in [1.807, 2.05) is 0 Å². The van der Waals surface area contributed by atoms with Gasteiger partial charge in [-0.15, -0.1) is 32.9 Å². The van der Waals surface area contributed by atoms with Gasteiger partial charge in [-0.25, -0.2) is 0 Å². The zero-order valence-electron chi connectivity index (χ0n) is 18.4. The van der Waals surface area contributed by atoms with Crippen molar-refractivity contribution in [3.05, 3.63) is 32.3 Å². The van der Waals surface area contributed by atoms with Gasteiger partial charge in [0.25, 0.3) is 0 Å². The minimum absolute atomic E-state index is 0.115. The van der Waals surface area contributed by atoms with E-state index >= 15 is 0 Å². The van der Waals surface area contributed by atoms with E-state index in [0.717, 1.165) is 67.2 Å². The van der Waals surface area contributed by atoms with Crippen LogP contribution in [0.15, 0.2) is 16.6 Å². The van der Waals surface area contributed by atoms with Crippen LogP contribution < -0.4 is 5.32 Å². The number of rotatable bonds is 8. The fourth-order valence-corrected chi connectivity index (χ4v) is 7.04. The van der Waals surface area contributed by atoms with Crippen LogP contribution >= 0.6 is 34.4 Å². The molecule has 1 N–H and O–H groups in total. The normalized spacial score (nSPS) is 13.4.